The quantitative estimate of drug-likeness (QED) is 0.752. The van der Waals surface area contributed by atoms with Crippen LogP contribution in [0.1, 0.15) is 11.1 Å². The van der Waals surface area contributed by atoms with Gasteiger partial charge in [0.05, 0.1) is 18.2 Å². The maximum atomic E-state index is 9.47. The van der Waals surface area contributed by atoms with Crippen LogP contribution in [0.5, 0.6) is 0 Å². The number of aliphatic hydroxyl groups excluding tert-OH is 1. The van der Waals surface area contributed by atoms with Gasteiger partial charge in [0, 0.05) is 11.8 Å². The molecule has 5 nitrogen and oxygen atoms in total. The van der Waals surface area contributed by atoms with Crippen LogP contribution in [0.3, 0.4) is 0 Å². The average molecular weight is 250 g/mol. The third kappa shape index (κ3) is 1.94. The summed E-state index contributed by atoms with van der Waals surface area (Å²) in [5.74, 6) is 0. The second kappa shape index (κ2) is 4.52. The number of pyridine rings is 1. The van der Waals surface area contributed by atoms with Crippen LogP contribution >= 0.6 is 0 Å². The van der Waals surface area contributed by atoms with Crippen LogP contribution in [-0.2, 0) is 6.61 Å². The number of nitriles is 1. The monoisotopic (exact) mass is 250 g/mol. The zero-order chi connectivity index (χ0) is 13.2. The molecule has 2 aromatic heterocycles. The zero-order valence-corrected chi connectivity index (χ0v) is 9.98. The molecule has 0 aliphatic heterocycles. The van der Waals surface area contributed by atoms with Crippen molar-refractivity contribution in [1.29, 1.82) is 5.26 Å². The van der Waals surface area contributed by atoms with E-state index in [2.05, 4.69) is 16.2 Å². The molecule has 2 heterocycles. The number of hydrogen-bond donors (Lipinski definition) is 1. The lowest BCUT2D eigenvalue weighted by Gasteiger charge is -2.08. The Morgan fingerprint density at radius 1 is 1.26 bits per heavy atom. The van der Waals surface area contributed by atoms with Gasteiger partial charge in [0.1, 0.15) is 6.33 Å². The minimum atomic E-state index is -0.0707. The summed E-state index contributed by atoms with van der Waals surface area (Å²) >= 11 is 0. The number of benzene rings is 1. The lowest BCUT2D eigenvalue weighted by Crippen LogP contribution is -1.96. The highest BCUT2D eigenvalue weighted by molar-refractivity contribution is 5.69. The largest absolute Gasteiger partial charge is 0.392 e. The van der Waals surface area contributed by atoms with Crippen molar-refractivity contribution in [2.24, 2.45) is 0 Å². The SMILES string of the molecule is N#Cc1ccc(-c2cn3ncnc3cc2CO)cc1. The maximum Gasteiger partial charge on any atom is 0.155 e. The molecule has 0 aliphatic rings. The van der Waals surface area contributed by atoms with Crippen molar-refractivity contribution in [3.63, 3.8) is 0 Å². The van der Waals surface area contributed by atoms with Crippen molar-refractivity contribution in [3.05, 3.63) is 54.0 Å². The van der Waals surface area contributed by atoms with Gasteiger partial charge >= 0.3 is 0 Å². The Labute approximate surface area is 109 Å². The molecule has 0 atom stereocenters. The summed E-state index contributed by atoms with van der Waals surface area (Å²) in [5, 5.41) is 22.4. The Hall–Kier alpha value is -2.71. The standard InChI is InChI=1S/C14H10N4O/c15-6-10-1-3-11(4-2-10)13-7-18-14(16-9-17-18)5-12(13)8-19/h1-5,7,9,19H,8H2. The van der Waals surface area contributed by atoms with Crippen LogP contribution in [0, 0.1) is 11.3 Å². The molecular weight excluding hydrogens is 240 g/mol. The molecule has 0 saturated carbocycles. The van der Waals surface area contributed by atoms with E-state index in [1.165, 1.54) is 6.33 Å². The van der Waals surface area contributed by atoms with Gasteiger partial charge in [-0.05, 0) is 29.3 Å². The van der Waals surface area contributed by atoms with Crippen molar-refractivity contribution in [1.82, 2.24) is 14.6 Å². The Balaban J connectivity index is 2.19. The molecule has 0 amide bonds. The number of nitrogens with zero attached hydrogens (tertiary/aromatic N) is 4. The van der Waals surface area contributed by atoms with Crippen LogP contribution in [-0.4, -0.2) is 19.7 Å². The number of hydrogen-bond acceptors (Lipinski definition) is 4. The van der Waals surface area contributed by atoms with Crippen LogP contribution in [0.2, 0.25) is 0 Å². The smallest absolute Gasteiger partial charge is 0.155 e. The fourth-order valence-electron chi connectivity index (χ4n) is 2.02. The maximum absolute atomic E-state index is 9.47. The van der Waals surface area contributed by atoms with E-state index in [4.69, 9.17) is 5.26 Å². The van der Waals surface area contributed by atoms with Gasteiger partial charge in [-0.3, -0.25) is 0 Å². The molecule has 3 rings (SSSR count). The summed E-state index contributed by atoms with van der Waals surface area (Å²) in [5.41, 5.74) is 3.90. The highest BCUT2D eigenvalue weighted by Gasteiger charge is 2.08. The molecule has 0 spiro atoms. The molecule has 0 unspecified atom stereocenters. The van der Waals surface area contributed by atoms with Gasteiger partial charge in [0.15, 0.2) is 5.65 Å². The summed E-state index contributed by atoms with van der Waals surface area (Å²) in [6.45, 7) is -0.0707. The molecule has 0 saturated heterocycles. The van der Waals surface area contributed by atoms with Crippen LogP contribution in [0.15, 0.2) is 42.9 Å². The van der Waals surface area contributed by atoms with Gasteiger partial charge in [-0.1, -0.05) is 12.1 Å². The summed E-state index contributed by atoms with van der Waals surface area (Å²) in [7, 11) is 0. The van der Waals surface area contributed by atoms with E-state index in [0.717, 1.165) is 16.7 Å². The lowest BCUT2D eigenvalue weighted by molar-refractivity contribution is 0.282. The first-order chi connectivity index (χ1) is 9.31. The predicted octanol–water partition coefficient (Wildman–Crippen LogP) is 1.76. The van der Waals surface area contributed by atoms with Crippen LogP contribution in [0.4, 0.5) is 0 Å². The Morgan fingerprint density at radius 3 is 2.74 bits per heavy atom. The Bertz CT molecular complexity index is 768. The first-order valence-corrected chi connectivity index (χ1v) is 5.75. The topological polar surface area (TPSA) is 74.2 Å². The summed E-state index contributed by atoms with van der Waals surface area (Å²) in [6, 6.07) is 11.1. The molecule has 1 aromatic carbocycles. The van der Waals surface area contributed by atoms with E-state index in [9.17, 15) is 5.11 Å². The van der Waals surface area contributed by atoms with E-state index >= 15 is 0 Å². The average Bonchev–Trinajstić information content (AvgIpc) is 2.93. The molecule has 19 heavy (non-hydrogen) atoms. The van der Waals surface area contributed by atoms with Gasteiger partial charge in [-0.25, -0.2) is 9.50 Å². The minimum absolute atomic E-state index is 0.0707. The molecule has 92 valence electrons. The third-order valence-electron chi connectivity index (χ3n) is 3.00. The van der Waals surface area contributed by atoms with Gasteiger partial charge in [-0.15, -0.1) is 0 Å². The van der Waals surface area contributed by atoms with Gasteiger partial charge in [0.25, 0.3) is 0 Å². The number of aromatic nitrogens is 3. The number of rotatable bonds is 2. The predicted molar refractivity (Wildman–Crippen MR) is 69.1 cm³/mol. The third-order valence-corrected chi connectivity index (χ3v) is 3.00. The van der Waals surface area contributed by atoms with Gasteiger partial charge in [0.2, 0.25) is 0 Å². The molecule has 0 aliphatic carbocycles. The first kappa shape index (κ1) is 11.4. The molecular formula is C14H10N4O. The highest BCUT2D eigenvalue weighted by Crippen LogP contribution is 2.24. The molecule has 3 aromatic rings. The van der Waals surface area contributed by atoms with Crippen molar-refractivity contribution < 1.29 is 5.11 Å². The van der Waals surface area contributed by atoms with E-state index in [-0.39, 0.29) is 6.61 Å². The highest BCUT2D eigenvalue weighted by atomic mass is 16.3. The Morgan fingerprint density at radius 2 is 2.05 bits per heavy atom. The summed E-state index contributed by atoms with van der Waals surface area (Å²) in [4.78, 5) is 4.09. The molecule has 1 N–H and O–H groups in total. The molecule has 0 fully saturated rings. The molecule has 5 heteroatoms. The van der Waals surface area contributed by atoms with E-state index in [1.807, 2.05) is 18.3 Å². The number of aliphatic hydroxyl groups is 1. The summed E-state index contributed by atoms with van der Waals surface area (Å²) < 4.78 is 1.66. The zero-order valence-electron chi connectivity index (χ0n) is 9.98. The van der Waals surface area contributed by atoms with Gasteiger partial charge in [-0.2, -0.15) is 10.4 Å². The second-order valence-electron chi connectivity index (χ2n) is 4.12. The van der Waals surface area contributed by atoms with E-state index in [1.54, 1.807) is 22.7 Å². The minimum Gasteiger partial charge on any atom is -0.392 e. The normalized spacial score (nSPS) is 10.5. The van der Waals surface area contributed by atoms with Crippen molar-refractivity contribution in [3.8, 4) is 17.2 Å². The Kier molecular flexibility index (Phi) is 2.71. The molecule has 0 bridgehead atoms. The summed E-state index contributed by atoms with van der Waals surface area (Å²) in [6.07, 6.45) is 3.30. The fourth-order valence-corrected chi connectivity index (χ4v) is 2.02. The second-order valence-corrected chi connectivity index (χ2v) is 4.12. The van der Waals surface area contributed by atoms with Gasteiger partial charge < -0.3 is 5.11 Å². The van der Waals surface area contributed by atoms with Crippen LogP contribution < -0.4 is 0 Å². The first-order valence-electron chi connectivity index (χ1n) is 5.75. The number of fused-ring (bicyclic) bond motifs is 1. The fraction of sp³-hybridized carbons (Fsp3) is 0.0714. The lowest BCUT2D eigenvalue weighted by atomic mass is 10.0. The van der Waals surface area contributed by atoms with E-state index in [0.29, 0.717) is 11.2 Å². The van der Waals surface area contributed by atoms with E-state index < -0.39 is 0 Å². The van der Waals surface area contributed by atoms with Crippen LogP contribution in [0.25, 0.3) is 16.8 Å². The van der Waals surface area contributed by atoms with Crippen molar-refractivity contribution in [2.45, 2.75) is 6.61 Å². The van der Waals surface area contributed by atoms with Crippen molar-refractivity contribution in [2.75, 3.05) is 0 Å². The van der Waals surface area contributed by atoms with Crippen molar-refractivity contribution >= 4 is 5.65 Å². The molecule has 0 radical (unpaired) electrons.